The molecule has 3 rings (SSSR count). The summed E-state index contributed by atoms with van der Waals surface area (Å²) in [6, 6.07) is 7.17. The van der Waals surface area contributed by atoms with Crippen molar-refractivity contribution < 1.29 is 24.2 Å². The van der Waals surface area contributed by atoms with Gasteiger partial charge in [0.15, 0.2) is 0 Å². The summed E-state index contributed by atoms with van der Waals surface area (Å²) in [6.45, 7) is 2.18. The molecule has 30 heavy (non-hydrogen) atoms. The third kappa shape index (κ3) is 5.18. The van der Waals surface area contributed by atoms with E-state index < -0.39 is 5.97 Å². The van der Waals surface area contributed by atoms with Crippen molar-refractivity contribution in [2.24, 2.45) is 5.92 Å². The average Bonchev–Trinajstić information content (AvgIpc) is 3.04. The van der Waals surface area contributed by atoms with E-state index in [0.29, 0.717) is 27.9 Å². The quantitative estimate of drug-likeness (QED) is 0.578. The van der Waals surface area contributed by atoms with Crippen LogP contribution in [0.1, 0.15) is 53.4 Å². The van der Waals surface area contributed by atoms with Gasteiger partial charge >= 0.3 is 5.97 Å². The van der Waals surface area contributed by atoms with Crippen LogP contribution in [-0.4, -0.2) is 30.0 Å². The monoisotopic (exact) mass is 430 g/mol. The maximum absolute atomic E-state index is 13.2. The van der Waals surface area contributed by atoms with Crippen LogP contribution in [0.25, 0.3) is 0 Å². The molecule has 1 aromatic carbocycles. The molecule has 2 aromatic rings. The zero-order valence-corrected chi connectivity index (χ0v) is 17.9. The van der Waals surface area contributed by atoms with Crippen molar-refractivity contribution in [1.82, 2.24) is 0 Å². The van der Waals surface area contributed by atoms with E-state index in [2.05, 4.69) is 17.6 Å². The maximum atomic E-state index is 13.2. The van der Waals surface area contributed by atoms with E-state index in [1.807, 2.05) is 12.1 Å². The number of fused-ring (bicyclic) bond motifs is 1. The lowest BCUT2D eigenvalue weighted by Gasteiger charge is -2.19. The summed E-state index contributed by atoms with van der Waals surface area (Å²) in [5, 5.41) is 15.0. The van der Waals surface area contributed by atoms with Crippen LogP contribution in [0.15, 0.2) is 24.3 Å². The average molecular weight is 431 g/mol. The molecule has 1 aliphatic carbocycles. The first-order chi connectivity index (χ1) is 14.4. The van der Waals surface area contributed by atoms with Gasteiger partial charge in [-0.2, -0.15) is 0 Å². The van der Waals surface area contributed by atoms with Crippen LogP contribution in [-0.2, 0) is 22.4 Å². The van der Waals surface area contributed by atoms with E-state index in [4.69, 9.17) is 9.84 Å². The standard InChI is InChI=1S/C22H26N2O5S/c1-13-10-11-14-17(12-13)30-22(24-18(25)8-5-9-19(26)27)20(14)21(28)23-15-6-3-4-7-16(15)29-2/h3-4,6-7,13H,5,8-12H2,1-2H3,(H,23,28)(H,24,25)(H,26,27)/t13-/m1/s1. The zero-order valence-electron chi connectivity index (χ0n) is 17.1. The molecule has 160 valence electrons. The minimum atomic E-state index is -0.930. The Bertz CT molecular complexity index is 953. The Balaban J connectivity index is 1.85. The molecule has 0 saturated heterocycles. The molecule has 1 aromatic heterocycles. The van der Waals surface area contributed by atoms with Crippen LogP contribution >= 0.6 is 11.3 Å². The van der Waals surface area contributed by atoms with Crippen molar-refractivity contribution in [3.63, 3.8) is 0 Å². The number of benzene rings is 1. The molecule has 1 atom stereocenters. The predicted octanol–water partition coefficient (Wildman–Crippen LogP) is 4.33. The number of rotatable bonds is 8. The van der Waals surface area contributed by atoms with Gasteiger partial charge in [-0.15, -0.1) is 11.3 Å². The Morgan fingerprint density at radius 2 is 1.97 bits per heavy atom. The lowest BCUT2D eigenvalue weighted by molar-refractivity contribution is -0.137. The smallest absolute Gasteiger partial charge is 0.303 e. The van der Waals surface area contributed by atoms with Crippen molar-refractivity contribution in [2.45, 2.75) is 45.4 Å². The van der Waals surface area contributed by atoms with Gasteiger partial charge in [-0.25, -0.2) is 0 Å². The van der Waals surface area contributed by atoms with Gasteiger partial charge in [0.2, 0.25) is 5.91 Å². The molecule has 0 aliphatic heterocycles. The third-order valence-electron chi connectivity index (χ3n) is 5.14. The molecule has 0 unspecified atom stereocenters. The van der Waals surface area contributed by atoms with Gasteiger partial charge in [0.1, 0.15) is 10.8 Å². The van der Waals surface area contributed by atoms with E-state index in [-0.39, 0.29) is 31.1 Å². The number of hydrogen-bond donors (Lipinski definition) is 3. The van der Waals surface area contributed by atoms with Gasteiger partial charge in [-0.1, -0.05) is 19.1 Å². The molecule has 8 heteroatoms. The summed E-state index contributed by atoms with van der Waals surface area (Å²) in [7, 11) is 1.54. The minimum absolute atomic E-state index is 0.0625. The van der Waals surface area contributed by atoms with Gasteiger partial charge in [-0.05, 0) is 49.3 Å². The first kappa shape index (κ1) is 21.8. The second-order valence-corrected chi connectivity index (χ2v) is 8.61. The summed E-state index contributed by atoms with van der Waals surface area (Å²) < 4.78 is 5.32. The zero-order chi connectivity index (χ0) is 21.7. The minimum Gasteiger partial charge on any atom is -0.495 e. The number of methoxy groups -OCH3 is 1. The number of ether oxygens (including phenoxy) is 1. The number of hydrogen-bond acceptors (Lipinski definition) is 5. The highest BCUT2D eigenvalue weighted by Crippen LogP contribution is 2.40. The van der Waals surface area contributed by atoms with Crippen molar-refractivity contribution in [3.8, 4) is 5.75 Å². The van der Waals surface area contributed by atoms with E-state index in [1.165, 1.54) is 11.3 Å². The fourth-order valence-corrected chi connectivity index (χ4v) is 5.03. The van der Waals surface area contributed by atoms with Gasteiger partial charge in [-0.3, -0.25) is 14.4 Å². The Hall–Kier alpha value is -2.87. The lowest BCUT2D eigenvalue weighted by atomic mass is 9.88. The molecule has 3 N–H and O–H groups in total. The number of para-hydroxylation sites is 2. The number of amides is 2. The van der Waals surface area contributed by atoms with Gasteiger partial charge in [0, 0.05) is 17.7 Å². The normalized spacial score (nSPS) is 15.2. The number of carboxylic acids is 1. The number of thiophene rings is 1. The first-order valence-electron chi connectivity index (χ1n) is 9.99. The topological polar surface area (TPSA) is 105 Å². The van der Waals surface area contributed by atoms with Crippen molar-refractivity contribution >= 4 is 39.8 Å². The van der Waals surface area contributed by atoms with E-state index in [9.17, 15) is 14.4 Å². The summed E-state index contributed by atoms with van der Waals surface area (Å²) in [4.78, 5) is 37.4. The van der Waals surface area contributed by atoms with Crippen LogP contribution in [0.5, 0.6) is 5.75 Å². The second-order valence-electron chi connectivity index (χ2n) is 7.51. The molecule has 7 nitrogen and oxygen atoms in total. The molecular weight excluding hydrogens is 404 g/mol. The Morgan fingerprint density at radius 3 is 2.70 bits per heavy atom. The van der Waals surface area contributed by atoms with Crippen LogP contribution in [0.2, 0.25) is 0 Å². The number of carboxylic acid groups (broad SMARTS) is 1. The van der Waals surface area contributed by atoms with E-state index >= 15 is 0 Å². The molecular formula is C22H26N2O5S. The molecule has 0 fully saturated rings. The Morgan fingerprint density at radius 1 is 1.20 bits per heavy atom. The lowest BCUT2D eigenvalue weighted by Crippen LogP contribution is -2.19. The summed E-state index contributed by atoms with van der Waals surface area (Å²) in [5.74, 6) is -0.412. The number of anilines is 2. The predicted molar refractivity (Wildman–Crippen MR) is 117 cm³/mol. The second kappa shape index (κ2) is 9.75. The molecule has 2 amide bonds. The highest BCUT2D eigenvalue weighted by molar-refractivity contribution is 7.17. The molecule has 0 spiro atoms. The van der Waals surface area contributed by atoms with Gasteiger partial charge < -0.3 is 20.5 Å². The number of carbonyl (C=O) groups excluding carboxylic acids is 2. The van der Waals surface area contributed by atoms with E-state index in [0.717, 1.165) is 29.7 Å². The van der Waals surface area contributed by atoms with Crippen molar-refractivity contribution in [1.29, 1.82) is 0 Å². The fraction of sp³-hybridized carbons (Fsp3) is 0.409. The molecule has 0 radical (unpaired) electrons. The summed E-state index contributed by atoms with van der Waals surface area (Å²) in [5.41, 5.74) is 2.05. The van der Waals surface area contributed by atoms with Crippen LogP contribution in [0, 0.1) is 5.92 Å². The largest absolute Gasteiger partial charge is 0.495 e. The van der Waals surface area contributed by atoms with Gasteiger partial charge in [0.25, 0.3) is 5.91 Å². The third-order valence-corrected chi connectivity index (χ3v) is 6.31. The highest BCUT2D eigenvalue weighted by atomic mass is 32.1. The number of nitrogens with one attached hydrogen (secondary N) is 2. The SMILES string of the molecule is COc1ccccc1NC(=O)c1c(NC(=O)CCCC(=O)O)sc2c1CC[C@@H](C)C2. The van der Waals surface area contributed by atoms with Crippen molar-refractivity contribution in [2.75, 3.05) is 17.7 Å². The highest BCUT2D eigenvalue weighted by Gasteiger charge is 2.28. The summed E-state index contributed by atoms with van der Waals surface area (Å²) in [6.07, 6.45) is 2.95. The molecule has 1 heterocycles. The molecule has 0 saturated carbocycles. The number of aliphatic carboxylic acids is 1. The first-order valence-corrected chi connectivity index (χ1v) is 10.8. The van der Waals surface area contributed by atoms with Gasteiger partial charge in [0.05, 0.1) is 18.4 Å². The van der Waals surface area contributed by atoms with Crippen molar-refractivity contribution in [3.05, 3.63) is 40.3 Å². The Labute approximate surface area is 179 Å². The van der Waals surface area contributed by atoms with E-state index in [1.54, 1.807) is 19.2 Å². The fourth-order valence-electron chi connectivity index (χ4n) is 3.60. The van der Waals surface area contributed by atoms with Crippen LogP contribution in [0.3, 0.4) is 0 Å². The summed E-state index contributed by atoms with van der Waals surface area (Å²) >= 11 is 1.44. The molecule has 0 bridgehead atoms. The maximum Gasteiger partial charge on any atom is 0.303 e. The molecule has 1 aliphatic rings. The Kier molecular flexibility index (Phi) is 7.10. The van der Waals surface area contributed by atoms with Crippen LogP contribution in [0.4, 0.5) is 10.7 Å². The van der Waals surface area contributed by atoms with Crippen LogP contribution < -0.4 is 15.4 Å². The number of carbonyl (C=O) groups is 3.